The Morgan fingerprint density at radius 1 is 1.09 bits per heavy atom. The molecule has 2 rings (SSSR count). The zero-order valence-electron chi connectivity index (χ0n) is 15.4. The molecule has 1 saturated carbocycles. The fraction of sp³-hybridized carbons (Fsp3) is 0.750. The maximum absolute atomic E-state index is 4.80. The van der Waals surface area contributed by atoms with Crippen LogP contribution >= 0.6 is 0 Å². The van der Waals surface area contributed by atoms with Gasteiger partial charge in [0.15, 0.2) is 0 Å². The number of aromatic nitrogens is 1. The highest BCUT2D eigenvalue weighted by atomic mass is 15.0. The summed E-state index contributed by atoms with van der Waals surface area (Å²) in [4.78, 5) is 4.80. The largest absolute Gasteiger partial charge is 0.369 e. The van der Waals surface area contributed by atoms with E-state index in [-0.39, 0.29) is 0 Å². The van der Waals surface area contributed by atoms with E-state index in [1.165, 1.54) is 56.1 Å². The van der Waals surface area contributed by atoms with E-state index >= 15 is 0 Å². The van der Waals surface area contributed by atoms with Gasteiger partial charge < -0.3 is 10.6 Å². The van der Waals surface area contributed by atoms with E-state index in [2.05, 4.69) is 30.7 Å². The van der Waals surface area contributed by atoms with Gasteiger partial charge in [0.05, 0.1) is 0 Å². The molecular formula is C20H35N3. The van der Waals surface area contributed by atoms with Gasteiger partial charge in [0.1, 0.15) is 5.82 Å². The molecule has 1 aliphatic rings. The van der Waals surface area contributed by atoms with Crippen molar-refractivity contribution in [3.63, 3.8) is 0 Å². The van der Waals surface area contributed by atoms with Gasteiger partial charge in [0.2, 0.25) is 0 Å². The highest BCUT2D eigenvalue weighted by molar-refractivity contribution is 5.51. The molecule has 1 aliphatic carbocycles. The summed E-state index contributed by atoms with van der Waals surface area (Å²) < 4.78 is 0. The Balaban J connectivity index is 2.19. The van der Waals surface area contributed by atoms with Crippen LogP contribution in [0.2, 0.25) is 0 Å². The maximum Gasteiger partial charge on any atom is 0.129 e. The molecule has 1 aromatic heterocycles. The van der Waals surface area contributed by atoms with Gasteiger partial charge in [-0.1, -0.05) is 52.4 Å². The van der Waals surface area contributed by atoms with Crippen LogP contribution in [0.25, 0.3) is 0 Å². The standard InChI is InChI=1S/C20H35N3/c1-4-9-19-18(5-2)17(14-16-10-7-6-8-11-16)15-23-20(19)22-13-12-21-3/h15-16,21H,4-14H2,1-3H3,(H,22,23). The molecule has 1 heterocycles. The third-order valence-electron chi connectivity index (χ3n) is 5.14. The highest BCUT2D eigenvalue weighted by Gasteiger charge is 2.18. The van der Waals surface area contributed by atoms with Crippen LogP contribution in [0.5, 0.6) is 0 Å². The Bertz CT molecular complexity index is 464. The summed E-state index contributed by atoms with van der Waals surface area (Å²) in [5.74, 6) is 2.00. The molecule has 0 unspecified atom stereocenters. The van der Waals surface area contributed by atoms with Crippen LogP contribution in [0.4, 0.5) is 5.82 Å². The molecule has 130 valence electrons. The van der Waals surface area contributed by atoms with Crippen molar-refractivity contribution in [2.24, 2.45) is 5.92 Å². The number of hydrogen-bond donors (Lipinski definition) is 2. The van der Waals surface area contributed by atoms with Crippen LogP contribution in [0.1, 0.15) is 69.1 Å². The lowest BCUT2D eigenvalue weighted by Gasteiger charge is -2.24. The second-order valence-corrected chi connectivity index (χ2v) is 6.93. The number of anilines is 1. The molecule has 0 amide bonds. The molecule has 0 aromatic carbocycles. The minimum Gasteiger partial charge on any atom is -0.369 e. The first kappa shape index (κ1) is 18.3. The maximum atomic E-state index is 4.80. The van der Waals surface area contributed by atoms with Crippen molar-refractivity contribution in [1.29, 1.82) is 0 Å². The average molecular weight is 318 g/mol. The molecule has 0 bridgehead atoms. The van der Waals surface area contributed by atoms with Crippen molar-refractivity contribution in [2.75, 3.05) is 25.5 Å². The summed E-state index contributed by atoms with van der Waals surface area (Å²) in [6.07, 6.45) is 13.9. The molecule has 0 spiro atoms. The summed E-state index contributed by atoms with van der Waals surface area (Å²) >= 11 is 0. The molecule has 3 heteroatoms. The van der Waals surface area contributed by atoms with Gasteiger partial charge in [-0.15, -0.1) is 0 Å². The zero-order chi connectivity index (χ0) is 16.5. The smallest absolute Gasteiger partial charge is 0.129 e. The second-order valence-electron chi connectivity index (χ2n) is 6.93. The molecule has 0 radical (unpaired) electrons. The number of pyridine rings is 1. The van der Waals surface area contributed by atoms with Crippen molar-refractivity contribution >= 4 is 5.82 Å². The van der Waals surface area contributed by atoms with Gasteiger partial charge >= 0.3 is 0 Å². The summed E-state index contributed by atoms with van der Waals surface area (Å²) in [6.45, 7) is 6.48. The number of nitrogens with zero attached hydrogens (tertiary/aromatic N) is 1. The van der Waals surface area contributed by atoms with Crippen LogP contribution in [0.15, 0.2) is 6.20 Å². The average Bonchev–Trinajstić information content (AvgIpc) is 2.58. The molecule has 2 N–H and O–H groups in total. The van der Waals surface area contributed by atoms with Crippen LogP contribution in [0.3, 0.4) is 0 Å². The van der Waals surface area contributed by atoms with Crippen molar-refractivity contribution in [3.8, 4) is 0 Å². The van der Waals surface area contributed by atoms with E-state index in [9.17, 15) is 0 Å². The van der Waals surface area contributed by atoms with E-state index in [1.807, 2.05) is 7.05 Å². The topological polar surface area (TPSA) is 37.0 Å². The minimum atomic E-state index is 0.883. The third kappa shape index (κ3) is 5.20. The van der Waals surface area contributed by atoms with E-state index in [1.54, 1.807) is 5.56 Å². The minimum absolute atomic E-state index is 0.883. The van der Waals surface area contributed by atoms with Crippen molar-refractivity contribution in [3.05, 3.63) is 22.9 Å². The predicted octanol–water partition coefficient (Wildman–Crippen LogP) is 4.35. The quantitative estimate of drug-likeness (QED) is 0.665. The number of rotatable bonds is 9. The molecule has 23 heavy (non-hydrogen) atoms. The summed E-state index contributed by atoms with van der Waals surface area (Å²) in [7, 11) is 1.99. The van der Waals surface area contributed by atoms with Gasteiger partial charge in [0.25, 0.3) is 0 Å². The van der Waals surface area contributed by atoms with Crippen LogP contribution in [-0.4, -0.2) is 25.1 Å². The normalized spacial score (nSPS) is 15.8. The number of likely N-dealkylation sites (N-methyl/N-ethyl adjacent to an activating group) is 1. The Kier molecular flexibility index (Phi) is 7.87. The SMILES string of the molecule is CCCc1c(NCCNC)ncc(CC2CCCCC2)c1CC. The molecule has 3 nitrogen and oxygen atoms in total. The first-order chi connectivity index (χ1) is 11.3. The summed E-state index contributed by atoms with van der Waals surface area (Å²) in [5, 5.41) is 6.72. The Hall–Kier alpha value is -1.09. The number of nitrogens with one attached hydrogen (secondary N) is 2. The monoisotopic (exact) mass is 317 g/mol. The molecular weight excluding hydrogens is 282 g/mol. The van der Waals surface area contributed by atoms with Crippen LogP contribution in [0, 0.1) is 5.92 Å². The second kappa shape index (κ2) is 9.92. The fourth-order valence-electron chi connectivity index (χ4n) is 3.93. The van der Waals surface area contributed by atoms with Gasteiger partial charge in [-0.2, -0.15) is 0 Å². The van der Waals surface area contributed by atoms with Gasteiger partial charge in [-0.3, -0.25) is 0 Å². The predicted molar refractivity (Wildman–Crippen MR) is 100 cm³/mol. The molecule has 0 atom stereocenters. The van der Waals surface area contributed by atoms with E-state index in [0.717, 1.165) is 37.7 Å². The fourth-order valence-corrected chi connectivity index (χ4v) is 3.93. The van der Waals surface area contributed by atoms with Gasteiger partial charge in [0, 0.05) is 19.3 Å². The lowest BCUT2D eigenvalue weighted by Crippen LogP contribution is -2.20. The van der Waals surface area contributed by atoms with Gasteiger partial charge in [-0.05, 0) is 48.9 Å². The summed E-state index contributed by atoms with van der Waals surface area (Å²) in [5.41, 5.74) is 4.56. The molecule has 1 aromatic rings. The first-order valence-corrected chi connectivity index (χ1v) is 9.68. The van der Waals surface area contributed by atoms with Gasteiger partial charge in [-0.25, -0.2) is 4.98 Å². The third-order valence-corrected chi connectivity index (χ3v) is 5.14. The van der Waals surface area contributed by atoms with Crippen molar-refractivity contribution < 1.29 is 0 Å². The molecule has 0 aliphatic heterocycles. The molecule has 1 fully saturated rings. The van der Waals surface area contributed by atoms with E-state index in [0.29, 0.717) is 0 Å². The lowest BCUT2D eigenvalue weighted by atomic mass is 9.83. The van der Waals surface area contributed by atoms with Crippen molar-refractivity contribution in [1.82, 2.24) is 10.3 Å². The number of hydrogen-bond acceptors (Lipinski definition) is 3. The van der Waals surface area contributed by atoms with Crippen LogP contribution in [-0.2, 0) is 19.3 Å². The van der Waals surface area contributed by atoms with E-state index in [4.69, 9.17) is 4.98 Å². The Morgan fingerprint density at radius 2 is 1.87 bits per heavy atom. The zero-order valence-corrected chi connectivity index (χ0v) is 15.4. The summed E-state index contributed by atoms with van der Waals surface area (Å²) in [6, 6.07) is 0. The van der Waals surface area contributed by atoms with Crippen LogP contribution < -0.4 is 10.6 Å². The highest BCUT2D eigenvalue weighted by Crippen LogP contribution is 2.30. The Morgan fingerprint density at radius 3 is 2.52 bits per heavy atom. The first-order valence-electron chi connectivity index (χ1n) is 9.68. The lowest BCUT2D eigenvalue weighted by molar-refractivity contribution is 0.356. The Labute approximate surface area is 142 Å². The van der Waals surface area contributed by atoms with E-state index < -0.39 is 0 Å². The molecule has 0 saturated heterocycles. The van der Waals surface area contributed by atoms with Crippen molar-refractivity contribution in [2.45, 2.75) is 71.6 Å².